The highest BCUT2D eigenvalue weighted by molar-refractivity contribution is 7.18. The monoisotopic (exact) mass is 252 g/mol. The highest BCUT2D eigenvalue weighted by Gasteiger charge is 2.20. The Hall–Kier alpha value is -1.74. The molecule has 0 unspecified atom stereocenters. The van der Waals surface area contributed by atoms with Crippen LogP contribution in [0.2, 0.25) is 0 Å². The lowest BCUT2D eigenvalue weighted by atomic mass is 10.3. The van der Waals surface area contributed by atoms with Gasteiger partial charge in [-0.2, -0.15) is 0 Å². The number of rotatable bonds is 5. The maximum Gasteiger partial charge on any atom is 0.268 e. The van der Waals surface area contributed by atoms with Crippen LogP contribution in [-0.2, 0) is 0 Å². The predicted molar refractivity (Wildman–Crippen MR) is 71.1 cm³/mol. The van der Waals surface area contributed by atoms with Crippen molar-refractivity contribution in [2.75, 3.05) is 31.2 Å². The summed E-state index contributed by atoms with van der Waals surface area (Å²) in [7, 11) is 1.73. The Balaban J connectivity index is 2.92. The van der Waals surface area contributed by atoms with Gasteiger partial charge in [0, 0.05) is 13.6 Å². The Morgan fingerprint density at radius 3 is 2.88 bits per heavy atom. The molecular formula is C11H16N4OS. The van der Waals surface area contributed by atoms with Crippen LogP contribution in [0.15, 0.2) is 0 Å². The molecule has 0 radical (unpaired) electrons. The summed E-state index contributed by atoms with van der Waals surface area (Å²) < 4.78 is 0. The van der Waals surface area contributed by atoms with E-state index in [1.807, 2.05) is 6.92 Å². The van der Waals surface area contributed by atoms with Crippen molar-refractivity contribution < 1.29 is 4.79 Å². The minimum absolute atomic E-state index is 0.152. The first-order chi connectivity index (χ1) is 8.13. The summed E-state index contributed by atoms with van der Waals surface area (Å²) in [4.78, 5) is 18.2. The van der Waals surface area contributed by atoms with Gasteiger partial charge in [-0.1, -0.05) is 24.2 Å². The predicted octanol–water partition coefficient (Wildman–Crippen LogP) is 1.25. The van der Waals surface area contributed by atoms with Crippen LogP contribution in [-0.4, -0.2) is 35.9 Å². The molecule has 0 fully saturated rings. The zero-order valence-electron chi connectivity index (χ0n) is 9.99. The van der Waals surface area contributed by atoms with E-state index >= 15 is 0 Å². The third-order valence-corrected chi connectivity index (χ3v) is 3.20. The summed E-state index contributed by atoms with van der Waals surface area (Å²) in [6.07, 6.45) is 6.10. The average Bonchev–Trinajstić information content (AvgIpc) is 2.69. The first-order valence-corrected chi connectivity index (χ1v) is 6.12. The average molecular weight is 252 g/mol. The Labute approximate surface area is 105 Å². The fourth-order valence-corrected chi connectivity index (χ4v) is 2.17. The van der Waals surface area contributed by atoms with E-state index in [-0.39, 0.29) is 11.7 Å². The number of hydrogen-bond donors (Lipinski definition) is 2. The summed E-state index contributed by atoms with van der Waals surface area (Å²) in [6, 6.07) is 0. The van der Waals surface area contributed by atoms with Crippen molar-refractivity contribution in [2.24, 2.45) is 0 Å². The molecular weight excluding hydrogens is 236 g/mol. The third kappa shape index (κ3) is 3.11. The van der Waals surface area contributed by atoms with Gasteiger partial charge in [-0.3, -0.25) is 4.79 Å². The van der Waals surface area contributed by atoms with E-state index in [9.17, 15) is 4.79 Å². The van der Waals surface area contributed by atoms with Gasteiger partial charge in [-0.05, 0) is 6.42 Å². The Kier molecular flexibility index (Phi) is 4.79. The maximum atomic E-state index is 12.2. The van der Waals surface area contributed by atoms with Crippen LogP contribution in [0.3, 0.4) is 0 Å². The molecule has 0 atom stereocenters. The van der Waals surface area contributed by atoms with Crippen LogP contribution in [0.25, 0.3) is 0 Å². The molecule has 0 saturated carbocycles. The van der Waals surface area contributed by atoms with Gasteiger partial charge in [0.15, 0.2) is 5.13 Å². The van der Waals surface area contributed by atoms with E-state index in [4.69, 9.17) is 12.2 Å². The molecule has 1 amide bonds. The molecule has 1 rings (SSSR count). The number of nitrogens with one attached hydrogen (secondary N) is 1. The van der Waals surface area contributed by atoms with Crippen LogP contribution in [0, 0.1) is 12.3 Å². The van der Waals surface area contributed by atoms with Crippen molar-refractivity contribution in [3.63, 3.8) is 0 Å². The molecule has 0 bridgehead atoms. The molecule has 0 aliphatic heterocycles. The van der Waals surface area contributed by atoms with E-state index in [0.717, 1.165) is 6.42 Å². The molecule has 92 valence electrons. The number of nitrogens with two attached hydrogens (primary N) is 1. The fourth-order valence-electron chi connectivity index (χ4n) is 1.37. The molecule has 1 aromatic heterocycles. The van der Waals surface area contributed by atoms with E-state index in [2.05, 4.69) is 16.2 Å². The van der Waals surface area contributed by atoms with E-state index in [1.165, 1.54) is 11.3 Å². The van der Waals surface area contributed by atoms with Gasteiger partial charge in [0.05, 0.1) is 6.54 Å². The molecule has 17 heavy (non-hydrogen) atoms. The summed E-state index contributed by atoms with van der Waals surface area (Å²) >= 11 is 1.24. The van der Waals surface area contributed by atoms with E-state index in [1.54, 1.807) is 11.9 Å². The third-order valence-electron chi connectivity index (χ3n) is 2.12. The van der Waals surface area contributed by atoms with Crippen molar-refractivity contribution >= 4 is 28.2 Å². The SMILES string of the molecule is C#CCN(CCC)C(=O)c1sc(NC)nc1N. The van der Waals surface area contributed by atoms with Crippen molar-refractivity contribution in [3.05, 3.63) is 4.88 Å². The maximum absolute atomic E-state index is 12.2. The second-order valence-corrected chi connectivity index (χ2v) is 4.41. The van der Waals surface area contributed by atoms with Crippen molar-refractivity contribution in [1.82, 2.24) is 9.88 Å². The highest BCUT2D eigenvalue weighted by Crippen LogP contribution is 2.25. The summed E-state index contributed by atoms with van der Waals surface area (Å²) in [5.74, 6) is 2.58. The van der Waals surface area contributed by atoms with Crippen LogP contribution in [0.5, 0.6) is 0 Å². The Bertz CT molecular complexity index is 435. The number of thiazole rings is 1. The minimum atomic E-state index is -0.152. The zero-order valence-corrected chi connectivity index (χ0v) is 10.8. The van der Waals surface area contributed by atoms with Gasteiger partial charge < -0.3 is 16.0 Å². The smallest absolute Gasteiger partial charge is 0.268 e. The molecule has 0 aliphatic carbocycles. The van der Waals surface area contributed by atoms with Gasteiger partial charge in [0.1, 0.15) is 10.7 Å². The van der Waals surface area contributed by atoms with Crippen LogP contribution in [0.4, 0.5) is 10.9 Å². The van der Waals surface area contributed by atoms with Gasteiger partial charge in [-0.25, -0.2) is 4.98 Å². The lowest BCUT2D eigenvalue weighted by Crippen LogP contribution is -2.32. The molecule has 0 saturated heterocycles. The summed E-state index contributed by atoms with van der Waals surface area (Å²) in [5.41, 5.74) is 5.71. The minimum Gasteiger partial charge on any atom is -0.382 e. The second-order valence-electron chi connectivity index (χ2n) is 3.41. The molecule has 0 aromatic carbocycles. The molecule has 0 aliphatic rings. The van der Waals surface area contributed by atoms with Crippen LogP contribution < -0.4 is 11.1 Å². The lowest BCUT2D eigenvalue weighted by molar-refractivity contribution is 0.0782. The van der Waals surface area contributed by atoms with Gasteiger partial charge in [-0.15, -0.1) is 6.42 Å². The quantitative estimate of drug-likeness (QED) is 0.774. The topological polar surface area (TPSA) is 71.2 Å². The van der Waals surface area contributed by atoms with Crippen molar-refractivity contribution in [2.45, 2.75) is 13.3 Å². The number of anilines is 2. The van der Waals surface area contributed by atoms with Gasteiger partial charge in [0.2, 0.25) is 0 Å². The molecule has 1 aromatic rings. The number of carbonyl (C=O) groups excluding carboxylic acids is 1. The highest BCUT2D eigenvalue weighted by atomic mass is 32.1. The Morgan fingerprint density at radius 2 is 2.41 bits per heavy atom. The normalized spacial score (nSPS) is 9.71. The van der Waals surface area contributed by atoms with Gasteiger partial charge in [0.25, 0.3) is 5.91 Å². The van der Waals surface area contributed by atoms with Crippen molar-refractivity contribution in [3.8, 4) is 12.3 Å². The number of terminal acetylenes is 1. The van der Waals surface area contributed by atoms with E-state index in [0.29, 0.717) is 23.1 Å². The van der Waals surface area contributed by atoms with E-state index < -0.39 is 0 Å². The number of hydrogen-bond acceptors (Lipinski definition) is 5. The lowest BCUT2D eigenvalue weighted by Gasteiger charge is -2.18. The van der Waals surface area contributed by atoms with Gasteiger partial charge >= 0.3 is 0 Å². The number of amides is 1. The first kappa shape index (κ1) is 13.3. The van der Waals surface area contributed by atoms with Crippen LogP contribution >= 0.6 is 11.3 Å². The number of carbonyl (C=O) groups is 1. The molecule has 5 nitrogen and oxygen atoms in total. The standard InChI is InChI=1S/C11H16N4OS/c1-4-6-15(7-5-2)10(16)8-9(12)14-11(13-3)17-8/h1H,5-7,12H2,2-3H3,(H,13,14). The largest absolute Gasteiger partial charge is 0.382 e. The number of nitrogen functional groups attached to an aromatic ring is 1. The molecule has 6 heteroatoms. The zero-order chi connectivity index (χ0) is 12.8. The molecule has 0 spiro atoms. The second kappa shape index (κ2) is 6.11. The molecule has 1 heterocycles. The first-order valence-electron chi connectivity index (χ1n) is 5.30. The van der Waals surface area contributed by atoms with Crippen LogP contribution in [0.1, 0.15) is 23.0 Å². The van der Waals surface area contributed by atoms with Crippen molar-refractivity contribution in [1.29, 1.82) is 0 Å². The number of nitrogens with zero attached hydrogens (tertiary/aromatic N) is 2. The molecule has 3 N–H and O–H groups in total. The summed E-state index contributed by atoms with van der Waals surface area (Å²) in [6.45, 7) is 2.90. The fraction of sp³-hybridized carbons (Fsp3) is 0.455. The summed E-state index contributed by atoms with van der Waals surface area (Å²) in [5, 5.41) is 3.49. The Morgan fingerprint density at radius 1 is 1.71 bits per heavy atom. The number of aromatic nitrogens is 1.